The smallest absolute Gasteiger partial charge is 0.257 e. The summed E-state index contributed by atoms with van der Waals surface area (Å²) in [6, 6.07) is 4.25. The molecule has 0 saturated heterocycles. The fourth-order valence-electron chi connectivity index (χ4n) is 4.19. The van der Waals surface area contributed by atoms with E-state index in [0.29, 0.717) is 28.9 Å². The maximum Gasteiger partial charge on any atom is 0.257 e. The first-order valence-electron chi connectivity index (χ1n) is 10.6. The van der Waals surface area contributed by atoms with Gasteiger partial charge < -0.3 is 15.2 Å². The number of amides is 2. The van der Waals surface area contributed by atoms with Crippen LogP contribution in [-0.4, -0.2) is 39.3 Å². The van der Waals surface area contributed by atoms with Crippen molar-refractivity contribution in [2.45, 2.75) is 53.0 Å². The molecule has 32 heavy (non-hydrogen) atoms. The zero-order chi connectivity index (χ0) is 23.4. The Morgan fingerprint density at radius 3 is 2.66 bits per heavy atom. The molecule has 2 amide bonds. The zero-order valence-corrected chi connectivity index (χ0v) is 19.9. The highest BCUT2D eigenvalue weighted by Crippen LogP contribution is 2.41. The Bertz CT molecular complexity index is 1270. The van der Waals surface area contributed by atoms with E-state index in [1.165, 1.54) is 12.1 Å². The Morgan fingerprint density at radius 2 is 2.00 bits per heavy atom. The molecule has 0 aliphatic carbocycles. The number of hydrogen-bond acceptors (Lipinski definition) is 4. The number of aromatic amines is 1. The Kier molecular flexibility index (Phi) is 5.45. The molecule has 0 unspecified atom stereocenters. The molecular weight excluding hydrogens is 427 g/mol. The number of aryl methyl sites for hydroxylation is 2. The van der Waals surface area contributed by atoms with Crippen LogP contribution in [0, 0.1) is 19.7 Å². The second-order valence-corrected chi connectivity index (χ2v) is 10.4. The van der Waals surface area contributed by atoms with E-state index in [4.69, 9.17) is 4.98 Å². The minimum Gasteiger partial charge on any atom is -0.350 e. The Labute approximate surface area is 190 Å². The van der Waals surface area contributed by atoms with Gasteiger partial charge in [0, 0.05) is 35.3 Å². The van der Waals surface area contributed by atoms with Crippen molar-refractivity contribution in [3.63, 3.8) is 0 Å². The molecule has 0 fully saturated rings. The first-order valence-corrected chi connectivity index (χ1v) is 11.4. The Balaban J connectivity index is 1.88. The van der Waals surface area contributed by atoms with Crippen LogP contribution in [0.4, 0.5) is 4.39 Å². The SMILES string of the molecule is Cc1nc2c3c([nH]c2s1)C(C(=O)NC(C)C)=CN(C(=O)c1ccc(F)c(C)c1)CC3(C)C. The normalized spacial score (nSPS) is 15.5. The summed E-state index contributed by atoms with van der Waals surface area (Å²) >= 11 is 1.55. The van der Waals surface area contributed by atoms with Crippen LogP contribution in [0.1, 0.15) is 59.9 Å². The van der Waals surface area contributed by atoms with E-state index in [1.54, 1.807) is 35.4 Å². The molecule has 2 N–H and O–H groups in total. The van der Waals surface area contributed by atoms with Crippen LogP contribution in [-0.2, 0) is 10.2 Å². The average Bonchev–Trinajstić information content (AvgIpc) is 3.17. The van der Waals surface area contributed by atoms with Crippen molar-refractivity contribution in [1.82, 2.24) is 20.2 Å². The van der Waals surface area contributed by atoms with E-state index < -0.39 is 5.41 Å². The van der Waals surface area contributed by atoms with Gasteiger partial charge in [-0.15, -0.1) is 11.3 Å². The van der Waals surface area contributed by atoms with Crippen molar-refractivity contribution < 1.29 is 14.0 Å². The fourth-order valence-corrected chi connectivity index (χ4v) is 5.02. The number of carbonyl (C=O) groups excluding carboxylic acids is 2. The molecule has 1 aliphatic heterocycles. The van der Waals surface area contributed by atoms with Crippen LogP contribution in [0.15, 0.2) is 24.4 Å². The predicted molar refractivity (Wildman–Crippen MR) is 125 cm³/mol. The maximum atomic E-state index is 13.8. The number of benzene rings is 1. The molecule has 1 aliphatic rings. The molecule has 3 aromatic rings. The van der Waals surface area contributed by atoms with Crippen LogP contribution in [0.25, 0.3) is 15.9 Å². The van der Waals surface area contributed by atoms with Gasteiger partial charge in [0.25, 0.3) is 11.8 Å². The van der Waals surface area contributed by atoms with Crippen molar-refractivity contribution in [1.29, 1.82) is 0 Å². The summed E-state index contributed by atoms with van der Waals surface area (Å²) in [6.07, 6.45) is 1.61. The third-order valence-corrected chi connectivity index (χ3v) is 6.47. The van der Waals surface area contributed by atoms with Gasteiger partial charge in [-0.1, -0.05) is 13.8 Å². The van der Waals surface area contributed by atoms with Crippen molar-refractivity contribution >= 4 is 39.1 Å². The van der Waals surface area contributed by atoms with Gasteiger partial charge in [0.05, 0.1) is 16.3 Å². The maximum absolute atomic E-state index is 13.8. The highest BCUT2D eigenvalue weighted by molar-refractivity contribution is 7.18. The third kappa shape index (κ3) is 3.83. The number of rotatable bonds is 3. The number of aromatic nitrogens is 2. The lowest BCUT2D eigenvalue weighted by molar-refractivity contribution is -0.116. The van der Waals surface area contributed by atoms with Crippen molar-refractivity contribution in [3.05, 3.63) is 57.6 Å². The number of carbonyl (C=O) groups is 2. The van der Waals surface area contributed by atoms with Gasteiger partial charge in [-0.25, -0.2) is 9.37 Å². The lowest BCUT2D eigenvalue weighted by atomic mass is 9.83. The molecule has 6 nitrogen and oxygen atoms in total. The van der Waals surface area contributed by atoms with E-state index in [9.17, 15) is 14.0 Å². The molecule has 3 heterocycles. The van der Waals surface area contributed by atoms with Gasteiger partial charge in [-0.05, 0) is 51.5 Å². The monoisotopic (exact) mass is 454 g/mol. The van der Waals surface area contributed by atoms with E-state index >= 15 is 0 Å². The summed E-state index contributed by atoms with van der Waals surface area (Å²) in [5, 5.41) is 3.87. The molecule has 0 atom stereocenters. The number of thiazole rings is 1. The van der Waals surface area contributed by atoms with Crippen LogP contribution < -0.4 is 5.32 Å². The van der Waals surface area contributed by atoms with E-state index in [2.05, 4.69) is 10.3 Å². The predicted octanol–water partition coefficient (Wildman–Crippen LogP) is 4.68. The largest absolute Gasteiger partial charge is 0.350 e. The quantitative estimate of drug-likeness (QED) is 0.603. The Morgan fingerprint density at radius 1 is 1.28 bits per heavy atom. The molecule has 0 radical (unpaired) electrons. The van der Waals surface area contributed by atoms with Gasteiger partial charge in [0.1, 0.15) is 16.2 Å². The molecule has 168 valence electrons. The van der Waals surface area contributed by atoms with Crippen LogP contribution in [0.5, 0.6) is 0 Å². The number of nitrogens with one attached hydrogen (secondary N) is 2. The zero-order valence-electron chi connectivity index (χ0n) is 19.1. The Hall–Kier alpha value is -3.00. The summed E-state index contributed by atoms with van der Waals surface area (Å²) in [4.78, 5) is 37.2. The van der Waals surface area contributed by atoms with Gasteiger partial charge in [0.2, 0.25) is 0 Å². The highest BCUT2D eigenvalue weighted by Gasteiger charge is 2.38. The number of nitrogens with zero attached hydrogens (tertiary/aromatic N) is 2. The first kappa shape index (κ1) is 22.2. The van der Waals surface area contributed by atoms with E-state index in [-0.39, 0.29) is 23.7 Å². The van der Waals surface area contributed by atoms with Crippen LogP contribution >= 0.6 is 11.3 Å². The van der Waals surface area contributed by atoms with E-state index in [1.807, 2.05) is 34.6 Å². The first-order chi connectivity index (χ1) is 15.0. The lowest BCUT2D eigenvalue weighted by Gasteiger charge is -2.29. The molecule has 0 saturated carbocycles. The van der Waals surface area contributed by atoms with Crippen molar-refractivity contribution in [2.24, 2.45) is 0 Å². The minimum atomic E-state index is -0.491. The summed E-state index contributed by atoms with van der Waals surface area (Å²) in [7, 11) is 0. The molecule has 2 aromatic heterocycles. The summed E-state index contributed by atoms with van der Waals surface area (Å²) in [5.41, 5.74) is 3.11. The number of fused-ring (bicyclic) bond motifs is 3. The van der Waals surface area contributed by atoms with Gasteiger partial charge >= 0.3 is 0 Å². The summed E-state index contributed by atoms with van der Waals surface area (Å²) in [5.74, 6) is -0.911. The number of hydrogen-bond donors (Lipinski definition) is 2. The van der Waals surface area contributed by atoms with Crippen molar-refractivity contribution in [2.75, 3.05) is 6.54 Å². The fraction of sp³-hybridized carbons (Fsp3) is 0.375. The molecule has 0 bridgehead atoms. The van der Waals surface area contributed by atoms with Gasteiger partial charge in [0.15, 0.2) is 0 Å². The molecule has 4 rings (SSSR count). The van der Waals surface area contributed by atoms with Gasteiger partial charge in [-0.2, -0.15) is 0 Å². The molecule has 0 spiro atoms. The standard InChI is InChI=1S/C24H27FN4O2S/c1-12(2)26-21(30)16-10-29(23(31)15-7-8-17(25)13(3)9-15)11-24(5,6)18-19(16)28-22-20(18)27-14(4)32-22/h7-10,12,28H,11H2,1-6H3,(H,26,30). The summed E-state index contributed by atoms with van der Waals surface area (Å²) < 4.78 is 13.8. The summed E-state index contributed by atoms with van der Waals surface area (Å²) in [6.45, 7) is 11.8. The molecule has 8 heteroatoms. The minimum absolute atomic E-state index is 0.0662. The van der Waals surface area contributed by atoms with Crippen molar-refractivity contribution in [3.8, 4) is 0 Å². The number of halogens is 1. The molecule has 1 aromatic carbocycles. The average molecular weight is 455 g/mol. The van der Waals surface area contributed by atoms with Crippen LogP contribution in [0.2, 0.25) is 0 Å². The second kappa shape index (κ2) is 7.85. The van der Waals surface area contributed by atoms with E-state index in [0.717, 1.165) is 20.9 Å². The highest BCUT2D eigenvalue weighted by atomic mass is 32.1. The lowest BCUT2D eigenvalue weighted by Crippen LogP contribution is -2.37. The number of H-pyrrole nitrogens is 1. The molecular formula is C24H27FN4O2S. The van der Waals surface area contributed by atoms with Gasteiger partial charge in [-0.3, -0.25) is 9.59 Å². The third-order valence-electron chi connectivity index (χ3n) is 5.59. The van der Waals surface area contributed by atoms with Crippen LogP contribution in [0.3, 0.4) is 0 Å². The second-order valence-electron chi connectivity index (χ2n) is 9.24. The topological polar surface area (TPSA) is 78.1 Å².